The van der Waals surface area contributed by atoms with Crippen molar-refractivity contribution in [1.82, 2.24) is 4.31 Å². The van der Waals surface area contributed by atoms with Gasteiger partial charge in [0.2, 0.25) is 10.0 Å². The Balaban J connectivity index is 1.40. The van der Waals surface area contributed by atoms with Gasteiger partial charge >= 0.3 is 0 Å². The van der Waals surface area contributed by atoms with Crippen LogP contribution in [0.2, 0.25) is 0 Å². The summed E-state index contributed by atoms with van der Waals surface area (Å²) in [4.78, 5) is 7.63. The fourth-order valence-corrected chi connectivity index (χ4v) is 8.38. The first-order valence-electron chi connectivity index (χ1n) is 12.7. The summed E-state index contributed by atoms with van der Waals surface area (Å²) in [6.45, 7) is 3.55. The lowest BCUT2D eigenvalue weighted by Crippen LogP contribution is -2.51. The van der Waals surface area contributed by atoms with Crippen LogP contribution in [-0.2, 0) is 30.0 Å². The lowest BCUT2D eigenvalue weighted by molar-refractivity contribution is -0.102. The highest BCUT2D eigenvalue weighted by molar-refractivity contribution is 7.89. The molecule has 0 N–H and O–H groups in total. The van der Waals surface area contributed by atoms with E-state index < -0.39 is 15.8 Å². The van der Waals surface area contributed by atoms with Gasteiger partial charge in [0.15, 0.2) is 5.84 Å². The Hall–Kier alpha value is -1.52. The minimum Gasteiger partial charge on any atom is -0.383 e. The van der Waals surface area contributed by atoms with Crippen LogP contribution in [0.5, 0.6) is 0 Å². The van der Waals surface area contributed by atoms with Gasteiger partial charge in [0.1, 0.15) is 0 Å². The maximum Gasteiger partial charge on any atom is 0.258 e. The largest absolute Gasteiger partial charge is 0.383 e. The lowest BCUT2D eigenvalue weighted by atomic mass is 9.79. The van der Waals surface area contributed by atoms with Crippen LogP contribution in [0.15, 0.2) is 28.1 Å². The second kappa shape index (κ2) is 8.55. The number of hydrogen-bond acceptors (Lipinski definition) is 7. The maximum absolute atomic E-state index is 13.7. The smallest absolute Gasteiger partial charge is 0.258 e. The van der Waals surface area contributed by atoms with E-state index >= 15 is 0 Å². The molecule has 1 aromatic carbocycles. The van der Waals surface area contributed by atoms with Gasteiger partial charge in [-0.15, -0.1) is 0 Å². The first kappa shape index (κ1) is 22.9. The van der Waals surface area contributed by atoms with Gasteiger partial charge in [-0.05, 0) is 43.9 Å². The van der Waals surface area contributed by atoms with Crippen LogP contribution >= 0.6 is 0 Å². The summed E-state index contributed by atoms with van der Waals surface area (Å²) in [5, 5.41) is 0. The Morgan fingerprint density at radius 2 is 1.88 bits per heavy atom. The summed E-state index contributed by atoms with van der Waals surface area (Å²) in [6.07, 6.45) is 9.14. The van der Waals surface area contributed by atoms with E-state index in [9.17, 15) is 8.42 Å². The second-order valence-corrected chi connectivity index (χ2v) is 12.4. The summed E-state index contributed by atoms with van der Waals surface area (Å²) in [5.41, 5.74) is 1.92. The van der Waals surface area contributed by atoms with Crippen molar-refractivity contribution in [1.29, 1.82) is 0 Å². The van der Waals surface area contributed by atoms with E-state index in [0.29, 0.717) is 26.4 Å². The molecule has 0 radical (unpaired) electrons. The molecule has 9 heteroatoms. The minimum absolute atomic E-state index is 0.123. The molecule has 1 aromatic rings. The average Bonchev–Trinajstić information content (AvgIpc) is 3.53. The van der Waals surface area contributed by atoms with Gasteiger partial charge in [-0.1, -0.05) is 25.7 Å². The molecule has 6 rings (SSSR count). The molecule has 34 heavy (non-hydrogen) atoms. The topological polar surface area (TPSA) is 80.7 Å². The van der Waals surface area contributed by atoms with Crippen LogP contribution in [0, 0.1) is 5.41 Å². The molecule has 4 aliphatic heterocycles. The van der Waals surface area contributed by atoms with Gasteiger partial charge in [0.25, 0.3) is 5.79 Å². The van der Waals surface area contributed by atoms with Crippen molar-refractivity contribution >= 4 is 21.5 Å². The Kier molecular flexibility index (Phi) is 5.76. The summed E-state index contributed by atoms with van der Waals surface area (Å²) in [7, 11) is -2.04. The molecular weight excluding hydrogens is 454 g/mol. The first-order chi connectivity index (χ1) is 16.5. The molecule has 186 valence electrons. The zero-order chi connectivity index (χ0) is 23.4. The fraction of sp³-hybridized carbons (Fsp3) is 0.720. The van der Waals surface area contributed by atoms with Gasteiger partial charge in [-0.25, -0.2) is 8.42 Å². The van der Waals surface area contributed by atoms with E-state index in [1.54, 1.807) is 23.5 Å². The number of anilines is 1. The fourth-order valence-electron chi connectivity index (χ4n) is 6.68. The van der Waals surface area contributed by atoms with Crippen molar-refractivity contribution in [3.63, 3.8) is 0 Å². The van der Waals surface area contributed by atoms with Crippen LogP contribution in [0.25, 0.3) is 0 Å². The third kappa shape index (κ3) is 3.46. The lowest BCUT2D eigenvalue weighted by Gasteiger charge is -2.41. The number of hydrogen-bond donors (Lipinski definition) is 0. The standard InChI is InChI=1S/C25H35N3O5S/c1-31-16-19-7-6-12-28(19)34(29,30)20-8-9-22-21(15-20)25(32-13-14-33-25)23-26-17-24(18-27(22)23)10-4-2-3-5-11-24/h8-9,15,19H,2-7,10-14,16-18H2,1H3/t19-/m0/s1. The van der Waals surface area contributed by atoms with Gasteiger partial charge in [-0.2, -0.15) is 4.31 Å². The molecule has 0 unspecified atom stereocenters. The zero-order valence-corrected chi connectivity index (χ0v) is 20.8. The number of ether oxygens (including phenoxy) is 3. The summed E-state index contributed by atoms with van der Waals surface area (Å²) in [6, 6.07) is 5.34. The van der Waals surface area contributed by atoms with Gasteiger partial charge in [0, 0.05) is 43.8 Å². The third-order valence-electron chi connectivity index (χ3n) is 8.37. The molecule has 0 aromatic heterocycles. The van der Waals surface area contributed by atoms with Crippen LogP contribution < -0.4 is 4.90 Å². The summed E-state index contributed by atoms with van der Waals surface area (Å²) >= 11 is 0. The Morgan fingerprint density at radius 1 is 1.12 bits per heavy atom. The van der Waals surface area contributed by atoms with E-state index in [4.69, 9.17) is 19.2 Å². The zero-order valence-electron chi connectivity index (χ0n) is 20.0. The van der Waals surface area contributed by atoms with Crippen LogP contribution in [-0.4, -0.2) is 71.2 Å². The highest BCUT2D eigenvalue weighted by atomic mass is 32.2. The quantitative estimate of drug-likeness (QED) is 0.646. The SMILES string of the molecule is COC[C@@H]1CCCN1S(=O)(=O)c1ccc2c(c1)C1(OCCO1)C1=NCC3(CCCCCC3)CN12. The molecule has 2 spiro atoms. The highest BCUT2D eigenvalue weighted by Gasteiger charge is 2.57. The molecule has 5 aliphatic rings. The average molecular weight is 490 g/mol. The first-order valence-corrected chi connectivity index (χ1v) is 14.2. The second-order valence-electron chi connectivity index (χ2n) is 10.5. The summed E-state index contributed by atoms with van der Waals surface area (Å²) < 4.78 is 46.7. The molecular formula is C25H35N3O5S. The third-order valence-corrected chi connectivity index (χ3v) is 10.3. The van der Waals surface area contributed by atoms with Gasteiger partial charge in [-0.3, -0.25) is 4.99 Å². The monoisotopic (exact) mass is 489 g/mol. The molecule has 0 amide bonds. The van der Waals surface area contributed by atoms with E-state index in [0.717, 1.165) is 43.0 Å². The molecule has 2 saturated heterocycles. The summed E-state index contributed by atoms with van der Waals surface area (Å²) in [5.74, 6) is -0.299. The van der Waals surface area contributed by atoms with Crippen molar-refractivity contribution in [2.45, 2.75) is 68.1 Å². The Bertz CT molecular complexity index is 1070. The van der Waals surface area contributed by atoms with Crippen molar-refractivity contribution < 1.29 is 22.6 Å². The molecule has 0 bridgehead atoms. The van der Waals surface area contributed by atoms with Gasteiger partial charge in [0.05, 0.1) is 30.4 Å². The normalized spacial score (nSPS) is 28.2. The Labute approximate surface area is 202 Å². The van der Waals surface area contributed by atoms with Crippen molar-refractivity contribution in [2.75, 3.05) is 51.5 Å². The predicted octanol–water partition coefficient (Wildman–Crippen LogP) is 3.26. The number of sulfonamides is 1. The number of methoxy groups -OCH3 is 1. The van der Waals surface area contributed by atoms with E-state index in [-0.39, 0.29) is 16.4 Å². The maximum atomic E-state index is 13.7. The number of rotatable bonds is 4. The minimum atomic E-state index is -3.66. The van der Waals surface area contributed by atoms with Crippen molar-refractivity contribution in [2.24, 2.45) is 10.4 Å². The molecule has 1 atom stereocenters. The van der Waals surface area contributed by atoms with Crippen molar-refractivity contribution in [3.8, 4) is 0 Å². The van der Waals surface area contributed by atoms with Crippen molar-refractivity contribution in [3.05, 3.63) is 23.8 Å². The van der Waals surface area contributed by atoms with E-state index in [2.05, 4.69) is 4.90 Å². The molecule has 1 saturated carbocycles. The van der Waals surface area contributed by atoms with Crippen LogP contribution in [0.4, 0.5) is 5.69 Å². The number of nitrogens with zero attached hydrogens (tertiary/aromatic N) is 3. The number of benzene rings is 1. The molecule has 1 aliphatic carbocycles. The Morgan fingerprint density at radius 3 is 2.62 bits per heavy atom. The van der Waals surface area contributed by atoms with E-state index in [1.165, 1.54) is 38.5 Å². The number of aliphatic imine (C=N–C) groups is 1. The number of fused-ring (bicyclic) bond motifs is 5. The van der Waals surface area contributed by atoms with Crippen LogP contribution in [0.3, 0.4) is 0 Å². The van der Waals surface area contributed by atoms with Crippen LogP contribution in [0.1, 0.15) is 56.9 Å². The van der Waals surface area contributed by atoms with Gasteiger partial charge < -0.3 is 19.1 Å². The molecule has 3 fully saturated rings. The molecule has 4 heterocycles. The highest BCUT2D eigenvalue weighted by Crippen LogP contribution is 2.51. The van der Waals surface area contributed by atoms with E-state index in [1.807, 2.05) is 6.07 Å². The number of amidine groups is 1. The predicted molar refractivity (Wildman–Crippen MR) is 129 cm³/mol. The molecule has 8 nitrogen and oxygen atoms in total.